The lowest BCUT2D eigenvalue weighted by molar-refractivity contribution is 0.627. The van der Waals surface area contributed by atoms with Crippen LogP contribution in [0.15, 0.2) is 41.4 Å². The maximum absolute atomic E-state index is 10.9. The fourth-order valence-corrected chi connectivity index (χ4v) is 2.55. The van der Waals surface area contributed by atoms with Crippen LogP contribution in [0, 0.1) is 0 Å². The molecule has 0 saturated heterocycles. The van der Waals surface area contributed by atoms with E-state index in [0.29, 0.717) is 0 Å². The van der Waals surface area contributed by atoms with Crippen molar-refractivity contribution in [1.82, 2.24) is 0 Å². The molecule has 0 atom stereocenters. The van der Waals surface area contributed by atoms with Gasteiger partial charge < -0.3 is 0 Å². The highest BCUT2D eigenvalue weighted by molar-refractivity contribution is 7.73. The first-order valence-corrected chi connectivity index (χ1v) is 6.30. The van der Waals surface area contributed by atoms with E-state index in [1.54, 1.807) is 0 Å². The Bertz CT molecular complexity index is 832. The molecule has 3 nitrogen and oxygen atoms in total. The van der Waals surface area contributed by atoms with Crippen molar-refractivity contribution in [3.8, 4) is 0 Å². The summed E-state index contributed by atoms with van der Waals surface area (Å²) in [4.78, 5) is 4.29. The highest BCUT2D eigenvalue weighted by Gasteiger charge is 2.19. The average molecular weight is 243 g/mol. The quantitative estimate of drug-likeness (QED) is 0.604. The lowest BCUT2D eigenvalue weighted by Gasteiger charge is -2.06. The van der Waals surface area contributed by atoms with Crippen molar-refractivity contribution in [3.63, 3.8) is 0 Å². The molecule has 1 aromatic rings. The molecule has 0 spiro atoms. The van der Waals surface area contributed by atoms with Gasteiger partial charge in [-0.05, 0) is 35.1 Å². The Labute approximate surface area is 99.7 Å². The minimum absolute atomic E-state index is 0.0934. The van der Waals surface area contributed by atoms with Crippen molar-refractivity contribution < 1.29 is 8.42 Å². The fourth-order valence-electron chi connectivity index (χ4n) is 2.21. The summed E-state index contributed by atoms with van der Waals surface area (Å²) >= 11 is 0. The largest absolute Gasteiger partial charge is 0.240 e. The maximum Gasteiger partial charge on any atom is 0.240 e. The fraction of sp³-hybridized carbons (Fsp3) is 0.0769. The predicted octanol–water partition coefficient (Wildman–Crippen LogP) is 0.0413. The van der Waals surface area contributed by atoms with Crippen molar-refractivity contribution in [2.45, 2.75) is 6.92 Å². The summed E-state index contributed by atoms with van der Waals surface area (Å²) in [6.07, 6.45) is 3.36. The summed E-state index contributed by atoms with van der Waals surface area (Å²) in [7, 11) is -2.28. The summed E-state index contributed by atoms with van der Waals surface area (Å²) in [6, 6.07) is 8.00. The van der Waals surface area contributed by atoms with Gasteiger partial charge in [-0.3, -0.25) is 0 Å². The molecule has 0 N–H and O–H groups in total. The zero-order valence-electron chi connectivity index (χ0n) is 9.14. The number of benzene rings is 1. The average Bonchev–Trinajstić information content (AvgIpc) is 2.64. The summed E-state index contributed by atoms with van der Waals surface area (Å²) in [5.74, 6) is 0. The van der Waals surface area contributed by atoms with Gasteiger partial charge in [0.1, 0.15) is 0 Å². The number of aliphatic imine (C=N–C) groups is 1. The number of fused-ring (bicyclic) bond motifs is 2. The second kappa shape index (κ2) is 3.53. The van der Waals surface area contributed by atoms with Gasteiger partial charge >= 0.3 is 0 Å². The first-order chi connectivity index (χ1) is 8.18. The SMILES string of the molecule is CC1=c2ccccc2=C2C=CC(=S(=O)=O)N=C12. The minimum Gasteiger partial charge on any atom is -0.232 e. The molecule has 2 aliphatic rings. The van der Waals surface area contributed by atoms with Gasteiger partial charge in [0.25, 0.3) is 0 Å². The van der Waals surface area contributed by atoms with E-state index >= 15 is 0 Å². The normalized spacial score (nSPS) is 16.8. The van der Waals surface area contributed by atoms with Crippen LogP contribution in [0.2, 0.25) is 0 Å². The molecule has 0 radical (unpaired) electrons. The molecular formula is C13H9NO2S. The monoisotopic (exact) mass is 243 g/mol. The van der Waals surface area contributed by atoms with Crippen LogP contribution in [-0.2, 0) is 10.3 Å². The molecule has 0 saturated carbocycles. The van der Waals surface area contributed by atoms with E-state index in [2.05, 4.69) is 4.99 Å². The molecular weight excluding hydrogens is 234 g/mol. The Balaban J connectivity index is 2.47. The second-order valence-electron chi connectivity index (χ2n) is 3.95. The Morgan fingerprint density at radius 3 is 2.47 bits per heavy atom. The summed E-state index contributed by atoms with van der Waals surface area (Å²) in [5.41, 5.74) is 2.81. The van der Waals surface area contributed by atoms with E-state index in [0.717, 1.165) is 27.3 Å². The number of dihydropyridines is 1. The third-order valence-electron chi connectivity index (χ3n) is 3.02. The highest BCUT2D eigenvalue weighted by atomic mass is 32.2. The molecule has 17 heavy (non-hydrogen) atoms. The van der Waals surface area contributed by atoms with Gasteiger partial charge in [0.05, 0.1) is 5.71 Å². The van der Waals surface area contributed by atoms with E-state index in [-0.39, 0.29) is 4.99 Å². The van der Waals surface area contributed by atoms with Gasteiger partial charge in [0.15, 0.2) is 4.99 Å². The number of nitrogens with zero attached hydrogens (tertiary/aromatic N) is 1. The zero-order chi connectivity index (χ0) is 12.0. The lowest BCUT2D eigenvalue weighted by Crippen LogP contribution is -2.22. The van der Waals surface area contributed by atoms with Crippen LogP contribution < -0.4 is 10.4 Å². The molecule has 1 heterocycles. The number of hydrogen-bond acceptors (Lipinski definition) is 2. The van der Waals surface area contributed by atoms with E-state index < -0.39 is 10.3 Å². The predicted molar refractivity (Wildman–Crippen MR) is 68.7 cm³/mol. The molecule has 4 heteroatoms. The third-order valence-corrected chi connectivity index (χ3v) is 3.59. The maximum atomic E-state index is 10.9. The summed E-state index contributed by atoms with van der Waals surface area (Å²) in [5, 5.41) is 2.25. The highest BCUT2D eigenvalue weighted by Crippen LogP contribution is 2.16. The molecule has 0 bridgehead atoms. The first kappa shape index (κ1) is 10.2. The Kier molecular flexibility index (Phi) is 2.12. The van der Waals surface area contributed by atoms with Crippen molar-refractivity contribution in [2.24, 2.45) is 4.99 Å². The van der Waals surface area contributed by atoms with E-state index in [1.165, 1.54) is 6.08 Å². The molecule has 0 amide bonds. The summed E-state index contributed by atoms with van der Waals surface area (Å²) in [6.45, 7) is 1.97. The number of hydrogen-bond donors (Lipinski definition) is 0. The van der Waals surface area contributed by atoms with Gasteiger partial charge in [-0.2, -0.15) is 8.42 Å². The van der Waals surface area contributed by atoms with Gasteiger partial charge in [-0.1, -0.05) is 24.3 Å². The van der Waals surface area contributed by atoms with E-state index in [1.807, 2.05) is 37.3 Å². The first-order valence-electron chi connectivity index (χ1n) is 5.22. The van der Waals surface area contributed by atoms with Gasteiger partial charge in [-0.25, -0.2) is 4.99 Å². The minimum atomic E-state index is -2.28. The molecule has 3 rings (SSSR count). The van der Waals surface area contributed by atoms with Gasteiger partial charge in [0, 0.05) is 5.57 Å². The van der Waals surface area contributed by atoms with Crippen molar-refractivity contribution in [3.05, 3.63) is 46.9 Å². The van der Waals surface area contributed by atoms with Gasteiger partial charge in [-0.15, -0.1) is 0 Å². The number of allylic oxidation sites excluding steroid dienone is 1. The van der Waals surface area contributed by atoms with E-state index in [9.17, 15) is 8.42 Å². The molecule has 0 aromatic heterocycles. The molecule has 1 aromatic carbocycles. The number of rotatable bonds is 0. The summed E-state index contributed by atoms with van der Waals surface area (Å²) < 4.78 is 21.8. The molecule has 84 valence electrons. The lowest BCUT2D eigenvalue weighted by atomic mass is 10.1. The Morgan fingerprint density at radius 1 is 1.06 bits per heavy atom. The Morgan fingerprint density at radius 2 is 1.76 bits per heavy atom. The van der Waals surface area contributed by atoms with Crippen molar-refractivity contribution in [1.29, 1.82) is 0 Å². The molecule has 0 unspecified atom stereocenters. The van der Waals surface area contributed by atoms with Crippen LogP contribution in [-0.4, -0.2) is 19.1 Å². The molecule has 1 aliphatic carbocycles. The smallest absolute Gasteiger partial charge is 0.232 e. The second-order valence-corrected chi connectivity index (χ2v) is 4.84. The van der Waals surface area contributed by atoms with E-state index in [4.69, 9.17) is 0 Å². The third kappa shape index (κ3) is 1.41. The van der Waals surface area contributed by atoms with Crippen LogP contribution in [0.1, 0.15) is 6.92 Å². The van der Waals surface area contributed by atoms with Crippen LogP contribution >= 0.6 is 0 Å². The van der Waals surface area contributed by atoms with Crippen molar-refractivity contribution >= 4 is 32.1 Å². The zero-order valence-corrected chi connectivity index (χ0v) is 9.95. The van der Waals surface area contributed by atoms with Crippen LogP contribution in [0.3, 0.4) is 0 Å². The molecule has 0 fully saturated rings. The van der Waals surface area contributed by atoms with Crippen LogP contribution in [0.25, 0.3) is 11.1 Å². The Hall–Kier alpha value is -1.94. The van der Waals surface area contributed by atoms with Gasteiger partial charge in [0.2, 0.25) is 10.3 Å². The molecule has 1 aliphatic heterocycles. The standard InChI is InChI=1S/C13H9NO2S/c1-8-9-4-2-3-5-10(9)11-6-7-12(17(15)16)14-13(8)11/h2-7H,1H3. The topological polar surface area (TPSA) is 46.5 Å². The van der Waals surface area contributed by atoms with Crippen molar-refractivity contribution in [2.75, 3.05) is 0 Å². The van der Waals surface area contributed by atoms with Crippen LogP contribution in [0.5, 0.6) is 0 Å². The van der Waals surface area contributed by atoms with Crippen LogP contribution in [0.4, 0.5) is 0 Å².